The predicted molar refractivity (Wildman–Crippen MR) is 88.6 cm³/mol. The summed E-state index contributed by atoms with van der Waals surface area (Å²) in [5.41, 5.74) is 1.78. The quantitative estimate of drug-likeness (QED) is 0.893. The Morgan fingerprint density at radius 3 is 2.42 bits per heavy atom. The number of hydrogen-bond acceptors (Lipinski definition) is 4. The number of aryl methyl sites for hydroxylation is 2. The lowest BCUT2D eigenvalue weighted by atomic mass is 10.1. The van der Waals surface area contributed by atoms with Crippen molar-refractivity contribution in [3.05, 3.63) is 47.8 Å². The molecule has 2 heterocycles. The molecular formula is C16H20N4O3S. The molecule has 1 aliphatic rings. The molecule has 1 saturated heterocycles. The summed E-state index contributed by atoms with van der Waals surface area (Å²) in [6.07, 6.45) is 1.76. The minimum Gasteiger partial charge on any atom is -0.335 e. The normalized spacial score (nSPS) is 21.5. The zero-order chi connectivity index (χ0) is 17.5. The van der Waals surface area contributed by atoms with Crippen LogP contribution < -0.4 is 4.72 Å². The molecule has 1 fully saturated rings. The predicted octanol–water partition coefficient (Wildman–Crippen LogP) is 0.979. The van der Waals surface area contributed by atoms with Crippen LogP contribution in [-0.4, -0.2) is 42.1 Å². The van der Waals surface area contributed by atoms with Crippen LogP contribution in [0.25, 0.3) is 0 Å². The standard InChI is InChI=1S/C16H20N4O3S/c1-11-4-6-12(7-5-11)24(22,23)18-13-10-15(21)19(2)16(13)14-8-9-17-20(14)3/h4-9,13,16,18H,10H2,1-3H3/t13-,16-/m1/s1. The topological polar surface area (TPSA) is 84.3 Å². The Hall–Kier alpha value is -2.19. The maximum Gasteiger partial charge on any atom is 0.240 e. The number of rotatable bonds is 4. The molecule has 1 aromatic heterocycles. The van der Waals surface area contributed by atoms with Crippen LogP contribution in [0.4, 0.5) is 0 Å². The molecule has 128 valence electrons. The van der Waals surface area contributed by atoms with Gasteiger partial charge in [-0.3, -0.25) is 9.48 Å². The van der Waals surface area contributed by atoms with Crippen LogP contribution in [0.1, 0.15) is 23.7 Å². The van der Waals surface area contributed by atoms with Gasteiger partial charge < -0.3 is 4.90 Å². The molecule has 3 rings (SSSR count). The second-order valence-corrected chi connectivity index (χ2v) is 7.79. The number of benzene rings is 1. The fourth-order valence-corrected chi connectivity index (χ4v) is 4.28. The molecule has 1 amide bonds. The highest BCUT2D eigenvalue weighted by Crippen LogP contribution is 2.32. The lowest BCUT2D eigenvalue weighted by Gasteiger charge is -2.25. The highest BCUT2D eigenvalue weighted by Gasteiger charge is 2.42. The van der Waals surface area contributed by atoms with Crippen molar-refractivity contribution in [2.45, 2.75) is 30.3 Å². The van der Waals surface area contributed by atoms with Gasteiger partial charge in [-0.2, -0.15) is 5.10 Å². The first kappa shape index (κ1) is 16.7. The van der Waals surface area contributed by atoms with E-state index in [0.29, 0.717) is 0 Å². The average molecular weight is 348 g/mol. The monoisotopic (exact) mass is 348 g/mol. The summed E-state index contributed by atoms with van der Waals surface area (Å²) in [5.74, 6) is -0.0993. The van der Waals surface area contributed by atoms with E-state index in [4.69, 9.17) is 0 Å². The number of carbonyl (C=O) groups is 1. The van der Waals surface area contributed by atoms with E-state index >= 15 is 0 Å². The summed E-state index contributed by atoms with van der Waals surface area (Å²) in [4.78, 5) is 13.9. The molecule has 0 aliphatic carbocycles. The Morgan fingerprint density at radius 1 is 1.17 bits per heavy atom. The number of nitrogens with one attached hydrogen (secondary N) is 1. The van der Waals surface area contributed by atoms with Crippen LogP contribution in [-0.2, 0) is 21.9 Å². The SMILES string of the molecule is Cc1ccc(S(=O)(=O)N[C@@H]2CC(=O)N(C)[C@H]2c2ccnn2C)cc1. The Balaban J connectivity index is 1.91. The summed E-state index contributed by atoms with van der Waals surface area (Å²) in [5, 5.41) is 4.12. The molecule has 0 spiro atoms. The maximum absolute atomic E-state index is 12.6. The van der Waals surface area contributed by atoms with Crippen LogP contribution in [0.5, 0.6) is 0 Å². The van der Waals surface area contributed by atoms with Crippen LogP contribution in [0.15, 0.2) is 41.4 Å². The summed E-state index contributed by atoms with van der Waals surface area (Å²) >= 11 is 0. The van der Waals surface area contributed by atoms with Gasteiger partial charge in [0.05, 0.1) is 22.7 Å². The fraction of sp³-hybridized carbons (Fsp3) is 0.375. The van der Waals surface area contributed by atoms with Crippen LogP contribution in [0.3, 0.4) is 0 Å². The average Bonchev–Trinajstić information content (AvgIpc) is 3.03. The lowest BCUT2D eigenvalue weighted by molar-refractivity contribution is -0.127. The third-order valence-electron chi connectivity index (χ3n) is 4.39. The number of nitrogens with zero attached hydrogens (tertiary/aromatic N) is 3. The van der Waals surface area contributed by atoms with Gasteiger partial charge >= 0.3 is 0 Å². The van der Waals surface area contributed by atoms with E-state index < -0.39 is 16.1 Å². The van der Waals surface area contributed by atoms with Gasteiger partial charge in [-0.15, -0.1) is 0 Å². The number of amides is 1. The zero-order valence-electron chi connectivity index (χ0n) is 13.8. The number of carbonyl (C=O) groups excluding carboxylic acids is 1. The number of aromatic nitrogens is 2. The van der Waals surface area contributed by atoms with Crippen LogP contribution in [0.2, 0.25) is 0 Å². The highest BCUT2D eigenvalue weighted by molar-refractivity contribution is 7.89. The zero-order valence-corrected chi connectivity index (χ0v) is 14.6. The molecule has 24 heavy (non-hydrogen) atoms. The molecule has 8 heteroatoms. The van der Waals surface area contributed by atoms with Gasteiger partial charge in [-0.1, -0.05) is 17.7 Å². The minimum absolute atomic E-state index is 0.0993. The van der Waals surface area contributed by atoms with Crippen molar-refractivity contribution in [2.75, 3.05) is 7.05 Å². The smallest absolute Gasteiger partial charge is 0.240 e. The van der Waals surface area contributed by atoms with E-state index in [2.05, 4.69) is 9.82 Å². The molecule has 0 bridgehead atoms. The molecule has 1 aromatic carbocycles. The van der Waals surface area contributed by atoms with Gasteiger partial charge in [0.15, 0.2) is 0 Å². The van der Waals surface area contributed by atoms with Crippen molar-refractivity contribution < 1.29 is 13.2 Å². The highest BCUT2D eigenvalue weighted by atomic mass is 32.2. The summed E-state index contributed by atoms with van der Waals surface area (Å²) < 4.78 is 29.6. The molecule has 2 aromatic rings. The fourth-order valence-electron chi connectivity index (χ4n) is 3.04. The van der Waals surface area contributed by atoms with E-state index in [1.807, 2.05) is 6.92 Å². The molecule has 0 saturated carbocycles. The van der Waals surface area contributed by atoms with E-state index in [9.17, 15) is 13.2 Å². The van der Waals surface area contributed by atoms with Crippen molar-refractivity contribution in [3.8, 4) is 0 Å². The number of likely N-dealkylation sites (tertiary alicyclic amines) is 1. The van der Waals surface area contributed by atoms with E-state index in [1.54, 1.807) is 60.2 Å². The van der Waals surface area contributed by atoms with E-state index in [1.165, 1.54) is 0 Å². The summed E-state index contributed by atoms with van der Waals surface area (Å²) in [6, 6.07) is 7.51. The van der Waals surface area contributed by atoms with Gasteiger partial charge in [0.2, 0.25) is 15.9 Å². The first-order valence-corrected chi connectivity index (χ1v) is 9.10. The molecule has 0 radical (unpaired) electrons. The molecule has 1 aliphatic heterocycles. The van der Waals surface area contributed by atoms with Crippen molar-refractivity contribution >= 4 is 15.9 Å². The second kappa shape index (κ2) is 6.03. The molecule has 7 nitrogen and oxygen atoms in total. The van der Waals surface area contributed by atoms with Crippen LogP contribution >= 0.6 is 0 Å². The molecule has 2 atom stereocenters. The van der Waals surface area contributed by atoms with Gasteiger partial charge in [0.25, 0.3) is 0 Å². The Morgan fingerprint density at radius 2 is 1.83 bits per heavy atom. The number of likely N-dealkylation sites (N-methyl/N-ethyl adjacent to an activating group) is 1. The largest absolute Gasteiger partial charge is 0.335 e. The molecule has 0 unspecified atom stereocenters. The van der Waals surface area contributed by atoms with Gasteiger partial charge in [-0.25, -0.2) is 13.1 Å². The maximum atomic E-state index is 12.6. The summed E-state index contributed by atoms with van der Waals surface area (Å²) in [7, 11) is -0.247. The first-order chi connectivity index (χ1) is 11.3. The van der Waals surface area contributed by atoms with Crippen LogP contribution in [0, 0.1) is 6.92 Å². The summed E-state index contributed by atoms with van der Waals surface area (Å²) in [6.45, 7) is 1.90. The van der Waals surface area contributed by atoms with Gasteiger partial charge in [0, 0.05) is 26.7 Å². The second-order valence-electron chi connectivity index (χ2n) is 6.07. The minimum atomic E-state index is -3.70. The van der Waals surface area contributed by atoms with E-state index in [-0.39, 0.29) is 23.3 Å². The Labute approximate surface area is 141 Å². The van der Waals surface area contributed by atoms with Crippen molar-refractivity contribution in [2.24, 2.45) is 7.05 Å². The van der Waals surface area contributed by atoms with E-state index in [0.717, 1.165) is 11.3 Å². The Bertz CT molecular complexity index is 858. The number of hydrogen-bond donors (Lipinski definition) is 1. The lowest BCUT2D eigenvalue weighted by Crippen LogP contribution is -2.39. The van der Waals surface area contributed by atoms with Gasteiger partial charge in [0.1, 0.15) is 0 Å². The third-order valence-corrected chi connectivity index (χ3v) is 5.89. The number of sulfonamides is 1. The van der Waals surface area contributed by atoms with Crippen molar-refractivity contribution in [1.29, 1.82) is 0 Å². The third kappa shape index (κ3) is 2.94. The van der Waals surface area contributed by atoms with Crippen molar-refractivity contribution in [1.82, 2.24) is 19.4 Å². The Kier molecular flexibility index (Phi) is 4.18. The van der Waals surface area contributed by atoms with Gasteiger partial charge in [-0.05, 0) is 25.1 Å². The first-order valence-electron chi connectivity index (χ1n) is 7.62. The van der Waals surface area contributed by atoms with Crippen molar-refractivity contribution in [3.63, 3.8) is 0 Å². The molecule has 1 N–H and O–H groups in total. The molecular weight excluding hydrogens is 328 g/mol.